The van der Waals surface area contributed by atoms with E-state index < -0.39 is 0 Å². The predicted molar refractivity (Wildman–Crippen MR) is 76.3 cm³/mol. The molecule has 98 valence electrons. The van der Waals surface area contributed by atoms with E-state index in [-0.39, 0.29) is 10.6 Å². The molecular weight excluding hydrogens is 240 g/mol. The standard InChI is InChI=1S/C15H16N2O2/c1-11-7-8-13(12(2)9-11)10-16-14-5-3-4-6-15(14)17(18)19/h3-9,16H,10H2,1-2H3. The van der Waals surface area contributed by atoms with Crippen molar-refractivity contribution in [1.29, 1.82) is 0 Å². The molecule has 0 saturated heterocycles. The lowest BCUT2D eigenvalue weighted by molar-refractivity contribution is -0.384. The molecule has 0 bridgehead atoms. The molecular formula is C15H16N2O2. The lowest BCUT2D eigenvalue weighted by Gasteiger charge is -2.10. The van der Waals surface area contributed by atoms with Crippen LogP contribution in [0.5, 0.6) is 0 Å². The van der Waals surface area contributed by atoms with E-state index in [1.54, 1.807) is 18.2 Å². The van der Waals surface area contributed by atoms with Crippen LogP contribution in [0.15, 0.2) is 42.5 Å². The highest BCUT2D eigenvalue weighted by molar-refractivity contribution is 5.61. The van der Waals surface area contributed by atoms with Crippen LogP contribution >= 0.6 is 0 Å². The van der Waals surface area contributed by atoms with Crippen LogP contribution in [0, 0.1) is 24.0 Å². The van der Waals surface area contributed by atoms with Crippen molar-refractivity contribution in [3.8, 4) is 0 Å². The van der Waals surface area contributed by atoms with Crippen LogP contribution in [0.2, 0.25) is 0 Å². The van der Waals surface area contributed by atoms with Gasteiger partial charge in [-0.15, -0.1) is 0 Å². The van der Waals surface area contributed by atoms with Crippen molar-refractivity contribution in [3.05, 3.63) is 69.3 Å². The monoisotopic (exact) mass is 256 g/mol. The minimum absolute atomic E-state index is 0.104. The van der Waals surface area contributed by atoms with Gasteiger partial charge in [0.15, 0.2) is 0 Å². The molecule has 4 heteroatoms. The Morgan fingerprint density at radius 1 is 1.16 bits per heavy atom. The van der Waals surface area contributed by atoms with Crippen molar-refractivity contribution >= 4 is 11.4 Å². The first-order chi connectivity index (χ1) is 9.08. The van der Waals surface area contributed by atoms with Crippen molar-refractivity contribution in [2.45, 2.75) is 20.4 Å². The first kappa shape index (κ1) is 13.1. The van der Waals surface area contributed by atoms with E-state index in [4.69, 9.17) is 0 Å². The second-order valence-corrected chi connectivity index (χ2v) is 4.56. The smallest absolute Gasteiger partial charge is 0.292 e. The number of nitro benzene ring substituents is 1. The highest BCUT2D eigenvalue weighted by Gasteiger charge is 2.11. The zero-order chi connectivity index (χ0) is 13.8. The second kappa shape index (κ2) is 5.52. The third-order valence-corrected chi connectivity index (χ3v) is 3.07. The second-order valence-electron chi connectivity index (χ2n) is 4.56. The van der Waals surface area contributed by atoms with Crippen molar-refractivity contribution in [2.24, 2.45) is 0 Å². The fourth-order valence-electron chi connectivity index (χ4n) is 2.02. The SMILES string of the molecule is Cc1ccc(CNc2ccccc2[N+](=O)[O-])c(C)c1. The molecule has 0 aliphatic heterocycles. The molecule has 1 N–H and O–H groups in total. The molecule has 0 amide bonds. The van der Waals surface area contributed by atoms with Gasteiger partial charge in [-0.05, 0) is 31.0 Å². The largest absolute Gasteiger partial charge is 0.375 e. The number of rotatable bonds is 4. The van der Waals surface area contributed by atoms with Crippen molar-refractivity contribution in [1.82, 2.24) is 0 Å². The van der Waals surface area contributed by atoms with E-state index in [9.17, 15) is 10.1 Å². The number of hydrogen-bond donors (Lipinski definition) is 1. The van der Waals surface area contributed by atoms with Gasteiger partial charge in [-0.1, -0.05) is 35.9 Å². The molecule has 0 aliphatic carbocycles. The van der Waals surface area contributed by atoms with Crippen LogP contribution in [0.25, 0.3) is 0 Å². The van der Waals surface area contributed by atoms with Crippen LogP contribution in [0.1, 0.15) is 16.7 Å². The molecule has 0 aromatic heterocycles. The number of nitrogens with one attached hydrogen (secondary N) is 1. The number of hydrogen-bond acceptors (Lipinski definition) is 3. The number of benzene rings is 2. The Morgan fingerprint density at radius 2 is 1.89 bits per heavy atom. The Morgan fingerprint density at radius 3 is 2.58 bits per heavy atom. The Hall–Kier alpha value is -2.36. The molecule has 0 heterocycles. The van der Waals surface area contributed by atoms with Gasteiger partial charge in [0.05, 0.1) is 4.92 Å². The van der Waals surface area contributed by atoms with Crippen LogP contribution < -0.4 is 5.32 Å². The molecule has 2 rings (SSSR count). The van der Waals surface area contributed by atoms with Gasteiger partial charge in [0.1, 0.15) is 5.69 Å². The number of nitro groups is 1. The first-order valence-electron chi connectivity index (χ1n) is 6.11. The molecule has 19 heavy (non-hydrogen) atoms. The summed E-state index contributed by atoms with van der Waals surface area (Å²) >= 11 is 0. The van der Waals surface area contributed by atoms with E-state index in [2.05, 4.69) is 11.4 Å². The number of para-hydroxylation sites is 2. The molecule has 2 aromatic carbocycles. The van der Waals surface area contributed by atoms with Gasteiger partial charge in [-0.2, -0.15) is 0 Å². The summed E-state index contributed by atoms with van der Waals surface area (Å²) in [6, 6.07) is 12.9. The van der Waals surface area contributed by atoms with Crippen LogP contribution in [0.3, 0.4) is 0 Å². The van der Waals surface area contributed by atoms with Gasteiger partial charge in [-0.3, -0.25) is 10.1 Å². The molecule has 0 spiro atoms. The van der Waals surface area contributed by atoms with E-state index in [1.165, 1.54) is 17.2 Å². The van der Waals surface area contributed by atoms with Crippen LogP contribution in [0.4, 0.5) is 11.4 Å². The maximum Gasteiger partial charge on any atom is 0.292 e. The predicted octanol–water partition coefficient (Wildman–Crippen LogP) is 3.82. The molecule has 0 saturated carbocycles. The third-order valence-electron chi connectivity index (χ3n) is 3.07. The van der Waals surface area contributed by atoms with Crippen molar-refractivity contribution in [3.63, 3.8) is 0 Å². The summed E-state index contributed by atoms with van der Waals surface area (Å²) in [5.74, 6) is 0. The molecule has 4 nitrogen and oxygen atoms in total. The average Bonchev–Trinajstić information content (AvgIpc) is 2.38. The summed E-state index contributed by atoms with van der Waals surface area (Å²) in [6.07, 6.45) is 0. The molecule has 0 aliphatic rings. The van der Waals surface area contributed by atoms with Gasteiger partial charge >= 0.3 is 0 Å². The molecule has 0 radical (unpaired) electrons. The van der Waals surface area contributed by atoms with Crippen molar-refractivity contribution < 1.29 is 4.92 Å². The zero-order valence-electron chi connectivity index (χ0n) is 11.0. The summed E-state index contributed by atoms with van der Waals surface area (Å²) in [7, 11) is 0. The van der Waals surface area contributed by atoms with Gasteiger partial charge in [0.25, 0.3) is 5.69 Å². The summed E-state index contributed by atoms with van der Waals surface area (Å²) in [4.78, 5) is 10.5. The normalized spacial score (nSPS) is 10.2. The van der Waals surface area contributed by atoms with E-state index in [0.717, 1.165) is 5.56 Å². The summed E-state index contributed by atoms with van der Waals surface area (Å²) in [6.45, 7) is 4.67. The van der Waals surface area contributed by atoms with Crippen LogP contribution in [-0.2, 0) is 6.54 Å². The zero-order valence-corrected chi connectivity index (χ0v) is 11.0. The topological polar surface area (TPSA) is 55.2 Å². The fraction of sp³-hybridized carbons (Fsp3) is 0.200. The van der Waals surface area contributed by atoms with Gasteiger partial charge < -0.3 is 5.32 Å². The summed E-state index contributed by atoms with van der Waals surface area (Å²) in [5.41, 5.74) is 4.20. The Kier molecular flexibility index (Phi) is 3.80. The maximum absolute atomic E-state index is 10.9. The quantitative estimate of drug-likeness (QED) is 0.668. The maximum atomic E-state index is 10.9. The fourth-order valence-corrected chi connectivity index (χ4v) is 2.02. The Balaban J connectivity index is 2.17. The van der Waals surface area contributed by atoms with Gasteiger partial charge in [0.2, 0.25) is 0 Å². The van der Waals surface area contributed by atoms with Gasteiger partial charge in [-0.25, -0.2) is 0 Å². The lowest BCUT2D eigenvalue weighted by atomic mass is 10.1. The minimum Gasteiger partial charge on any atom is -0.375 e. The number of aryl methyl sites for hydroxylation is 2. The Bertz CT molecular complexity index is 609. The minimum atomic E-state index is -0.371. The third kappa shape index (κ3) is 3.10. The number of nitrogens with zero attached hydrogens (tertiary/aromatic N) is 1. The molecule has 0 unspecified atom stereocenters. The first-order valence-corrected chi connectivity index (χ1v) is 6.11. The van der Waals surface area contributed by atoms with Gasteiger partial charge in [0, 0.05) is 12.6 Å². The average molecular weight is 256 g/mol. The highest BCUT2D eigenvalue weighted by Crippen LogP contribution is 2.24. The van der Waals surface area contributed by atoms with E-state index >= 15 is 0 Å². The highest BCUT2D eigenvalue weighted by atomic mass is 16.6. The van der Waals surface area contributed by atoms with E-state index in [1.807, 2.05) is 26.0 Å². The summed E-state index contributed by atoms with van der Waals surface area (Å²) < 4.78 is 0. The van der Waals surface area contributed by atoms with Crippen LogP contribution in [-0.4, -0.2) is 4.92 Å². The van der Waals surface area contributed by atoms with E-state index in [0.29, 0.717) is 12.2 Å². The molecule has 0 atom stereocenters. The number of anilines is 1. The van der Waals surface area contributed by atoms with Crippen molar-refractivity contribution in [2.75, 3.05) is 5.32 Å². The summed E-state index contributed by atoms with van der Waals surface area (Å²) in [5, 5.41) is 14.0. The molecule has 2 aromatic rings. The molecule has 0 fully saturated rings. The lowest BCUT2D eigenvalue weighted by Crippen LogP contribution is -2.03. The Labute approximate surface area is 112 Å².